The maximum Gasteiger partial charge on any atom is 0.161 e. The Morgan fingerprint density at radius 1 is 1.11 bits per heavy atom. The van der Waals surface area contributed by atoms with E-state index >= 15 is 0 Å². The Bertz CT molecular complexity index is 403. The lowest BCUT2D eigenvalue weighted by atomic mass is 10.2. The van der Waals surface area contributed by atoms with Crippen molar-refractivity contribution in [1.82, 2.24) is 9.80 Å². The van der Waals surface area contributed by atoms with Crippen LogP contribution in [-0.2, 0) is 0 Å². The van der Waals surface area contributed by atoms with E-state index in [9.17, 15) is 0 Å². The van der Waals surface area contributed by atoms with E-state index in [4.69, 9.17) is 9.47 Å². The van der Waals surface area contributed by atoms with Crippen LogP contribution >= 0.6 is 0 Å². The van der Waals surface area contributed by atoms with Crippen LogP contribution in [0.15, 0.2) is 24.3 Å². The highest BCUT2D eigenvalue weighted by atomic mass is 16.6. The molecule has 2 heterocycles. The second kappa shape index (κ2) is 5.16. The van der Waals surface area contributed by atoms with Gasteiger partial charge in [-0.15, -0.1) is 0 Å². The maximum absolute atomic E-state index is 5.98. The van der Waals surface area contributed by atoms with Crippen molar-refractivity contribution in [2.45, 2.75) is 6.10 Å². The number of benzene rings is 1. The molecule has 1 fully saturated rings. The summed E-state index contributed by atoms with van der Waals surface area (Å²) in [5.74, 6) is 1.75. The molecule has 0 spiro atoms. The zero-order valence-electron chi connectivity index (χ0n) is 10.8. The zero-order valence-corrected chi connectivity index (χ0v) is 10.8. The SMILES string of the molecule is CN1CCN(CC2COc3ccccc3O2)CC1. The first-order chi connectivity index (χ1) is 8.81. The third-order valence-electron chi connectivity index (χ3n) is 3.63. The summed E-state index contributed by atoms with van der Waals surface area (Å²) < 4.78 is 11.7. The summed E-state index contributed by atoms with van der Waals surface area (Å²) in [6, 6.07) is 7.90. The predicted molar refractivity (Wildman–Crippen MR) is 70.3 cm³/mol. The average molecular weight is 248 g/mol. The predicted octanol–water partition coefficient (Wildman–Crippen LogP) is 1.07. The number of ether oxygens (including phenoxy) is 2. The first-order valence-electron chi connectivity index (χ1n) is 6.60. The minimum atomic E-state index is 0.156. The topological polar surface area (TPSA) is 24.9 Å². The molecule has 0 bridgehead atoms. The van der Waals surface area contributed by atoms with Gasteiger partial charge in [-0.3, -0.25) is 4.90 Å². The van der Waals surface area contributed by atoms with E-state index < -0.39 is 0 Å². The highest BCUT2D eigenvalue weighted by Crippen LogP contribution is 2.31. The summed E-state index contributed by atoms with van der Waals surface area (Å²) in [7, 11) is 2.17. The molecular formula is C14H20N2O2. The van der Waals surface area contributed by atoms with Crippen LogP contribution in [0, 0.1) is 0 Å². The Morgan fingerprint density at radius 3 is 2.61 bits per heavy atom. The Labute approximate surface area is 108 Å². The second-order valence-electron chi connectivity index (χ2n) is 5.10. The molecule has 1 aromatic rings. The number of para-hydroxylation sites is 2. The molecule has 98 valence electrons. The van der Waals surface area contributed by atoms with E-state index in [2.05, 4.69) is 16.8 Å². The first kappa shape index (κ1) is 11.8. The summed E-state index contributed by atoms with van der Waals surface area (Å²) in [6.07, 6.45) is 0.156. The number of piperazine rings is 1. The molecule has 2 aliphatic rings. The molecule has 0 aromatic heterocycles. The molecule has 1 atom stereocenters. The van der Waals surface area contributed by atoms with Crippen molar-refractivity contribution in [3.8, 4) is 11.5 Å². The summed E-state index contributed by atoms with van der Waals surface area (Å²) >= 11 is 0. The summed E-state index contributed by atoms with van der Waals surface area (Å²) in [4.78, 5) is 4.83. The molecule has 0 N–H and O–H groups in total. The highest BCUT2D eigenvalue weighted by Gasteiger charge is 2.24. The number of rotatable bonds is 2. The van der Waals surface area contributed by atoms with Crippen LogP contribution in [0.4, 0.5) is 0 Å². The maximum atomic E-state index is 5.98. The van der Waals surface area contributed by atoms with E-state index in [0.717, 1.165) is 44.2 Å². The van der Waals surface area contributed by atoms with Gasteiger partial charge >= 0.3 is 0 Å². The van der Waals surface area contributed by atoms with Crippen molar-refractivity contribution in [1.29, 1.82) is 0 Å². The molecular weight excluding hydrogens is 228 g/mol. The van der Waals surface area contributed by atoms with Gasteiger partial charge in [0.1, 0.15) is 12.7 Å². The monoisotopic (exact) mass is 248 g/mol. The lowest BCUT2D eigenvalue weighted by Crippen LogP contribution is -2.49. The van der Waals surface area contributed by atoms with E-state index in [1.54, 1.807) is 0 Å². The van der Waals surface area contributed by atoms with Gasteiger partial charge in [-0.2, -0.15) is 0 Å². The van der Waals surface area contributed by atoms with Gasteiger partial charge in [0.2, 0.25) is 0 Å². The van der Waals surface area contributed by atoms with Gasteiger partial charge in [-0.05, 0) is 19.2 Å². The minimum absolute atomic E-state index is 0.156. The van der Waals surface area contributed by atoms with Gasteiger partial charge < -0.3 is 14.4 Å². The number of likely N-dealkylation sites (N-methyl/N-ethyl adjacent to an activating group) is 1. The number of fused-ring (bicyclic) bond motifs is 1. The van der Waals surface area contributed by atoms with Crippen LogP contribution in [0.2, 0.25) is 0 Å². The fourth-order valence-corrected chi connectivity index (χ4v) is 2.47. The average Bonchev–Trinajstić information content (AvgIpc) is 2.41. The molecule has 1 saturated heterocycles. The van der Waals surface area contributed by atoms with Crippen LogP contribution in [0.3, 0.4) is 0 Å². The molecule has 0 amide bonds. The first-order valence-corrected chi connectivity index (χ1v) is 6.60. The lowest BCUT2D eigenvalue weighted by Gasteiger charge is -2.35. The van der Waals surface area contributed by atoms with Crippen molar-refractivity contribution in [2.24, 2.45) is 0 Å². The van der Waals surface area contributed by atoms with Crippen LogP contribution in [0.5, 0.6) is 11.5 Å². The van der Waals surface area contributed by atoms with Gasteiger partial charge in [-0.1, -0.05) is 12.1 Å². The van der Waals surface area contributed by atoms with Crippen molar-refractivity contribution < 1.29 is 9.47 Å². The standard InChI is InChI=1S/C14H20N2O2/c1-15-6-8-16(9-7-15)10-12-11-17-13-4-2-3-5-14(13)18-12/h2-5,12H,6-11H2,1H3. The normalized spacial score (nSPS) is 25.1. The van der Waals surface area contributed by atoms with Crippen molar-refractivity contribution in [2.75, 3.05) is 46.4 Å². The third kappa shape index (κ3) is 2.60. The molecule has 18 heavy (non-hydrogen) atoms. The summed E-state index contributed by atoms with van der Waals surface area (Å²) in [6.45, 7) is 6.15. The molecule has 2 aliphatic heterocycles. The van der Waals surface area contributed by atoms with Gasteiger partial charge in [0.15, 0.2) is 11.5 Å². The summed E-state index contributed by atoms with van der Waals surface area (Å²) in [5.41, 5.74) is 0. The zero-order chi connectivity index (χ0) is 12.4. The number of nitrogens with zero attached hydrogens (tertiary/aromatic N) is 2. The molecule has 4 nitrogen and oxygen atoms in total. The van der Waals surface area contributed by atoms with Gasteiger partial charge in [0.25, 0.3) is 0 Å². The quantitative estimate of drug-likeness (QED) is 0.782. The largest absolute Gasteiger partial charge is 0.486 e. The fourth-order valence-electron chi connectivity index (χ4n) is 2.47. The Morgan fingerprint density at radius 2 is 1.83 bits per heavy atom. The smallest absolute Gasteiger partial charge is 0.161 e. The Hall–Kier alpha value is -1.26. The second-order valence-corrected chi connectivity index (χ2v) is 5.10. The lowest BCUT2D eigenvalue weighted by molar-refractivity contribution is 0.0440. The van der Waals surface area contributed by atoms with Crippen molar-refractivity contribution in [3.05, 3.63) is 24.3 Å². The molecule has 0 saturated carbocycles. The van der Waals surface area contributed by atoms with Crippen molar-refractivity contribution >= 4 is 0 Å². The van der Waals surface area contributed by atoms with Crippen LogP contribution in [-0.4, -0.2) is 62.3 Å². The fraction of sp³-hybridized carbons (Fsp3) is 0.571. The minimum Gasteiger partial charge on any atom is -0.486 e. The van der Waals surface area contributed by atoms with Crippen LogP contribution in [0.1, 0.15) is 0 Å². The van der Waals surface area contributed by atoms with E-state index in [1.807, 2.05) is 24.3 Å². The van der Waals surface area contributed by atoms with Gasteiger partial charge in [0, 0.05) is 32.7 Å². The molecule has 0 radical (unpaired) electrons. The number of hydrogen-bond acceptors (Lipinski definition) is 4. The van der Waals surface area contributed by atoms with Crippen LogP contribution < -0.4 is 9.47 Å². The number of hydrogen-bond donors (Lipinski definition) is 0. The molecule has 0 aliphatic carbocycles. The molecule has 3 rings (SSSR count). The Balaban J connectivity index is 1.56. The van der Waals surface area contributed by atoms with E-state index in [-0.39, 0.29) is 6.10 Å². The highest BCUT2D eigenvalue weighted by molar-refractivity contribution is 5.40. The molecule has 1 aromatic carbocycles. The van der Waals surface area contributed by atoms with Crippen molar-refractivity contribution in [3.63, 3.8) is 0 Å². The van der Waals surface area contributed by atoms with Gasteiger partial charge in [-0.25, -0.2) is 0 Å². The molecule has 1 unspecified atom stereocenters. The van der Waals surface area contributed by atoms with E-state index in [0.29, 0.717) is 6.61 Å². The summed E-state index contributed by atoms with van der Waals surface area (Å²) in [5, 5.41) is 0. The van der Waals surface area contributed by atoms with Gasteiger partial charge in [0.05, 0.1) is 0 Å². The van der Waals surface area contributed by atoms with E-state index in [1.165, 1.54) is 0 Å². The molecule has 4 heteroatoms. The Kier molecular flexibility index (Phi) is 3.39. The third-order valence-corrected chi connectivity index (χ3v) is 3.63. The van der Waals surface area contributed by atoms with Crippen LogP contribution in [0.25, 0.3) is 0 Å².